The number of nitrogens with one attached hydrogen (secondary N) is 2. The van der Waals surface area contributed by atoms with Gasteiger partial charge in [0, 0.05) is 37.1 Å². The number of aryl methyl sites for hydroxylation is 1. The van der Waals surface area contributed by atoms with Gasteiger partial charge in [0.1, 0.15) is 6.07 Å². The van der Waals surface area contributed by atoms with E-state index in [9.17, 15) is 10.1 Å². The molecule has 2 aliphatic heterocycles. The molecule has 0 amide bonds. The van der Waals surface area contributed by atoms with Gasteiger partial charge >= 0.3 is 0 Å². The zero-order valence-corrected chi connectivity index (χ0v) is 23.3. The van der Waals surface area contributed by atoms with Gasteiger partial charge in [0.2, 0.25) is 0 Å². The molecule has 0 atom stereocenters. The van der Waals surface area contributed by atoms with Gasteiger partial charge in [-0.15, -0.1) is 5.10 Å². The maximum absolute atomic E-state index is 12.4. The lowest BCUT2D eigenvalue weighted by atomic mass is 10.1. The van der Waals surface area contributed by atoms with E-state index in [4.69, 9.17) is 4.98 Å². The molecule has 11 nitrogen and oxygen atoms in total. The van der Waals surface area contributed by atoms with Gasteiger partial charge in [-0.05, 0) is 69.3 Å². The number of hydrogen-bond donors (Lipinski definition) is 2. The highest BCUT2D eigenvalue weighted by Crippen LogP contribution is 2.30. The molecule has 0 radical (unpaired) electrons. The van der Waals surface area contributed by atoms with Crippen molar-refractivity contribution < 1.29 is 4.79 Å². The first-order valence-electron chi connectivity index (χ1n) is 13.1. The Hall–Kier alpha value is -4.66. The van der Waals surface area contributed by atoms with E-state index in [-0.39, 0.29) is 11.5 Å². The molecule has 2 aliphatic rings. The zero-order valence-electron chi connectivity index (χ0n) is 23.3. The SMILES string of the molecule is CC(=O)c1ccc(C2=C3C=CC(Nc4ccc(CN(C)CC(C)C)nn4)=CN3NC2)nc1-n1nc(C#N)cc1C. The van der Waals surface area contributed by atoms with Gasteiger partial charge < -0.3 is 10.2 Å². The summed E-state index contributed by atoms with van der Waals surface area (Å²) in [6, 6.07) is 11.3. The lowest BCUT2D eigenvalue weighted by molar-refractivity contribution is 0.101. The zero-order chi connectivity index (χ0) is 28.4. The summed E-state index contributed by atoms with van der Waals surface area (Å²) in [6.45, 7) is 10.0. The average molecular weight is 537 g/mol. The summed E-state index contributed by atoms with van der Waals surface area (Å²) in [4.78, 5) is 19.4. The molecule has 5 rings (SSSR count). The molecule has 0 unspecified atom stereocenters. The van der Waals surface area contributed by atoms with Crippen LogP contribution in [0.4, 0.5) is 5.82 Å². The lowest BCUT2D eigenvalue weighted by Crippen LogP contribution is -2.28. The molecule has 0 saturated carbocycles. The standard InChI is InChI=1S/C29H32N10O/c1-18(2)15-37(5)16-22-7-11-28(35-34-22)32-21-6-10-27-25(14-31-38(27)17-21)26-9-8-24(20(4)40)29(33-26)39-19(3)12-23(13-30)36-39/h6-12,17-18,31H,14-16H2,1-5H3,(H,32,35). The van der Waals surface area contributed by atoms with Gasteiger partial charge in [0.15, 0.2) is 23.1 Å². The minimum Gasteiger partial charge on any atom is -0.337 e. The normalized spacial score (nSPS) is 14.6. The second kappa shape index (κ2) is 11.2. The van der Waals surface area contributed by atoms with E-state index in [1.54, 1.807) is 16.8 Å². The summed E-state index contributed by atoms with van der Waals surface area (Å²) in [5, 5.41) is 27.6. The Bertz CT molecular complexity index is 1570. The molecule has 0 fully saturated rings. The Balaban J connectivity index is 1.35. The van der Waals surface area contributed by atoms with Crippen LogP contribution >= 0.6 is 0 Å². The summed E-state index contributed by atoms with van der Waals surface area (Å²) in [6.07, 6.45) is 5.94. The molecule has 204 valence electrons. The molecule has 0 aliphatic carbocycles. The average Bonchev–Trinajstić information content (AvgIpc) is 3.51. The van der Waals surface area contributed by atoms with E-state index in [0.717, 1.165) is 47.1 Å². The number of nitrogens with zero attached hydrogens (tertiary/aromatic N) is 8. The molecule has 11 heteroatoms. The largest absolute Gasteiger partial charge is 0.337 e. The van der Waals surface area contributed by atoms with E-state index < -0.39 is 0 Å². The van der Waals surface area contributed by atoms with Crippen molar-refractivity contribution in [2.24, 2.45) is 5.92 Å². The van der Waals surface area contributed by atoms with Gasteiger partial charge in [0.05, 0.1) is 28.3 Å². The van der Waals surface area contributed by atoms with Crippen LogP contribution in [-0.4, -0.2) is 60.8 Å². The summed E-state index contributed by atoms with van der Waals surface area (Å²) < 4.78 is 1.55. The Morgan fingerprint density at radius 2 is 2.05 bits per heavy atom. The van der Waals surface area contributed by atoms with Gasteiger partial charge in [-0.3, -0.25) is 9.80 Å². The lowest BCUT2D eigenvalue weighted by Gasteiger charge is -2.21. The van der Waals surface area contributed by atoms with Crippen LogP contribution in [0.2, 0.25) is 0 Å². The first-order valence-corrected chi connectivity index (χ1v) is 13.1. The fourth-order valence-corrected chi connectivity index (χ4v) is 4.85. The second-order valence-electron chi connectivity index (χ2n) is 10.4. The Kier molecular flexibility index (Phi) is 7.55. The van der Waals surface area contributed by atoms with Crippen molar-refractivity contribution in [3.05, 3.63) is 88.4 Å². The highest BCUT2D eigenvalue weighted by molar-refractivity contribution is 5.97. The summed E-state index contributed by atoms with van der Waals surface area (Å²) in [7, 11) is 2.09. The van der Waals surface area contributed by atoms with Crippen molar-refractivity contribution in [3.8, 4) is 11.9 Å². The molecule has 2 N–H and O–H groups in total. The number of hydrogen-bond acceptors (Lipinski definition) is 10. The van der Waals surface area contributed by atoms with E-state index >= 15 is 0 Å². The summed E-state index contributed by atoms with van der Waals surface area (Å²) in [5.74, 6) is 1.54. The number of carbonyl (C=O) groups excluding carboxylic acids is 1. The summed E-state index contributed by atoms with van der Waals surface area (Å²) in [5.41, 5.74) is 9.23. The minimum atomic E-state index is -0.124. The molecule has 5 heterocycles. The Labute approximate surface area is 233 Å². The van der Waals surface area contributed by atoms with Crippen LogP contribution in [0.5, 0.6) is 0 Å². The fraction of sp³-hybridized carbons (Fsp3) is 0.310. The molecular formula is C29H32N10O. The van der Waals surface area contributed by atoms with Crippen molar-refractivity contribution in [2.45, 2.75) is 34.2 Å². The van der Waals surface area contributed by atoms with Crippen LogP contribution in [0.1, 0.15) is 53.9 Å². The van der Waals surface area contributed by atoms with Crippen LogP contribution in [0.25, 0.3) is 11.4 Å². The smallest absolute Gasteiger partial charge is 0.165 e. The van der Waals surface area contributed by atoms with E-state index in [1.165, 1.54) is 6.92 Å². The highest BCUT2D eigenvalue weighted by Gasteiger charge is 2.25. The van der Waals surface area contributed by atoms with Crippen molar-refractivity contribution in [1.29, 1.82) is 5.26 Å². The quantitative estimate of drug-likeness (QED) is 0.392. The van der Waals surface area contributed by atoms with Crippen LogP contribution in [0.3, 0.4) is 0 Å². The van der Waals surface area contributed by atoms with Gasteiger partial charge in [-0.1, -0.05) is 13.8 Å². The maximum atomic E-state index is 12.4. The first kappa shape index (κ1) is 26.9. The molecule has 3 aromatic heterocycles. The van der Waals surface area contributed by atoms with E-state index in [0.29, 0.717) is 29.7 Å². The number of hydrazine groups is 1. The predicted molar refractivity (Wildman–Crippen MR) is 152 cm³/mol. The number of aromatic nitrogens is 5. The van der Waals surface area contributed by atoms with Crippen molar-refractivity contribution in [1.82, 2.24) is 40.3 Å². The molecule has 0 spiro atoms. The van der Waals surface area contributed by atoms with Gasteiger partial charge in [-0.2, -0.15) is 15.5 Å². The molecule has 0 bridgehead atoms. The monoisotopic (exact) mass is 536 g/mol. The third kappa shape index (κ3) is 5.68. The number of allylic oxidation sites excluding steroid dienone is 2. The molecule has 0 aromatic carbocycles. The van der Waals surface area contributed by atoms with E-state index in [1.807, 2.05) is 54.6 Å². The van der Waals surface area contributed by atoms with Crippen molar-refractivity contribution in [3.63, 3.8) is 0 Å². The number of fused-ring (bicyclic) bond motifs is 1. The van der Waals surface area contributed by atoms with Crippen LogP contribution in [0.15, 0.2) is 60.1 Å². The van der Waals surface area contributed by atoms with Crippen LogP contribution in [-0.2, 0) is 6.54 Å². The number of nitriles is 1. The topological polar surface area (TPSA) is 128 Å². The van der Waals surface area contributed by atoms with Crippen LogP contribution in [0, 0.1) is 24.2 Å². The third-order valence-electron chi connectivity index (χ3n) is 6.55. The molecular weight excluding hydrogens is 504 g/mol. The molecule has 40 heavy (non-hydrogen) atoms. The number of Topliss-reactive ketones (excluding diaryl/α,β-unsaturated/α-hetero) is 1. The van der Waals surface area contributed by atoms with Crippen molar-refractivity contribution >= 4 is 17.2 Å². The van der Waals surface area contributed by atoms with Crippen LogP contribution < -0.4 is 10.7 Å². The van der Waals surface area contributed by atoms with E-state index in [2.05, 4.69) is 51.8 Å². The Morgan fingerprint density at radius 3 is 2.73 bits per heavy atom. The summed E-state index contributed by atoms with van der Waals surface area (Å²) >= 11 is 0. The number of pyridine rings is 1. The third-order valence-corrected chi connectivity index (χ3v) is 6.55. The van der Waals surface area contributed by atoms with Gasteiger partial charge in [-0.25, -0.2) is 15.1 Å². The number of ketones is 1. The maximum Gasteiger partial charge on any atom is 0.165 e. The van der Waals surface area contributed by atoms with Crippen molar-refractivity contribution in [2.75, 3.05) is 25.5 Å². The predicted octanol–water partition coefficient (Wildman–Crippen LogP) is 3.58. The number of anilines is 1. The Morgan fingerprint density at radius 1 is 1.23 bits per heavy atom. The molecule has 3 aromatic rings. The number of carbonyl (C=O) groups is 1. The fourth-order valence-electron chi connectivity index (χ4n) is 4.85. The first-order chi connectivity index (χ1) is 19.2. The van der Waals surface area contributed by atoms with Gasteiger partial charge in [0.25, 0.3) is 0 Å². The number of rotatable bonds is 9. The highest BCUT2D eigenvalue weighted by atomic mass is 16.1. The molecule has 0 saturated heterocycles. The minimum absolute atomic E-state index is 0.124. The second-order valence-corrected chi connectivity index (χ2v) is 10.4.